The minimum atomic E-state index is -1.78. The van der Waals surface area contributed by atoms with Crippen LogP contribution >= 0.6 is 0 Å². The normalized spacial score (nSPS) is 20.7. The van der Waals surface area contributed by atoms with E-state index in [4.69, 9.17) is 8.85 Å². The Bertz CT molecular complexity index is 1090. The predicted molar refractivity (Wildman–Crippen MR) is 209 cm³/mol. The number of hydrogen-bond donors (Lipinski definition) is 0. The van der Waals surface area contributed by atoms with Crippen LogP contribution in [0.1, 0.15) is 141 Å². The zero-order valence-electron chi connectivity index (χ0n) is 33.5. The van der Waals surface area contributed by atoms with Crippen molar-refractivity contribution in [2.24, 2.45) is 17.3 Å². The molecular weight excluding hydrogens is 597 g/mol. The number of Topliss-reactive ketones (excluding diaryl/α,β-unsaturated/α-hetero) is 1. The Hall–Kier alpha value is -1.02. The molecule has 0 N–H and O–H groups in total. The van der Waals surface area contributed by atoms with E-state index in [-0.39, 0.29) is 21.4 Å². The van der Waals surface area contributed by atoms with Gasteiger partial charge in [-0.15, -0.1) is 0 Å². The monoisotopic (exact) mass is 673 g/mol. The smallest absolute Gasteiger partial charge is 0.192 e. The highest BCUT2D eigenvalue weighted by atomic mass is 28.4. The van der Waals surface area contributed by atoms with Crippen molar-refractivity contribution < 1.29 is 13.6 Å². The lowest BCUT2D eigenvalue weighted by Gasteiger charge is -2.44. The Morgan fingerprint density at radius 2 is 1.33 bits per heavy atom. The average molecular weight is 673 g/mol. The van der Waals surface area contributed by atoms with Gasteiger partial charge in [0, 0.05) is 12.3 Å². The Labute approximate surface area is 289 Å². The molecule has 1 rings (SSSR count). The fraction of sp³-hybridized carbons (Fsp3) is 0.780. The van der Waals surface area contributed by atoms with E-state index in [1.165, 1.54) is 22.3 Å². The van der Waals surface area contributed by atoms with E-state index in [1.807, 2.05) is 0 Å². The standard InChI is InChI=1S/C41H76O3Si2/c1-32(2)19-17-21-35(31-44-46(15,16)40(8,9)10)22-18-20-33(3)23-25-36-26-28-38(42)37(41(36,11)12)27-24-34(4)29-30-43-45(13,14)39(5,6)7/h19,22-23,29,36-37H,17-18,20-21,24-28,30-31H2,1-16H3/b33-23+,34-29+,35-22-/t36-,37+/m1/s1. The van der Waals surface area contributed by atoms with Crippen LogP contribution in [0, 0.1) is 17.3 Å². The van der Waals surface area contributed by atoms with Gasteiger partial charge in [-0.05, 0) is 132 Å². The molecule has 0 heterocycles. The second kappa shape index (κ2) is 18.1. The largest absolute Gasteiger partial charge is 0.413 e. The summed E-state index contributed by atoms with van der Waals surface area (Å²) in [4.78, 5) is 13.2. The molecule has 0 radical (unpaired) electrons. The molecule has 0 aromatic heterocycles. The Morgan fingerprint density at radius 1 is 0.783 bits per heavy atom. The average Bonchev–Trinajstić information content (AvgIpc) is 2.89. The Kier molecular flexibility index (Phi) is 16.9. The van der Waals surface area contributed by atoms with E-state index in [1.54, 1.807) is 0 Å². The van der Waals surface area contributed by atoms with Crippen LogP contribution in [0.4, 0.5) is 0 Å². The summed E-state index contributed by atoms with van der Waals surface area (Å²) in [5, 5.41) is 0.447. The summed E-state index contributed by atoms with van der Waals surface area (Å²) < 4.78 is 13.0. The molecule has 0 bridgehead atoms. The van der Waals surface area contributed by atoms with E-state index >= 15 is 0 Å². The molecule has 0 amide bonds. The molecule has 0 spiro atoms. The maximum atomic E-state index is 13.2. The van der Waals surface area contributed by atoms with Gasteiger partial charge in [0.15, 0.2) is 16.6 Å². The van der Waals surface area contributed by atoms with Crippen LogP contribution < -0.4 is 0 Å². The molecule has 0 saturated heterocycles. The summed E-state index contributed by atoms with van der Waals surface area (Å²) in [6.45, 7) is 38.1. The Balaban J connectivity index is 2.81. The quantitative estimate of drug-likeness (QED) is 0.114. The SMILES string of the molecule is CC(C)=CCC/C(=C/CC/C(C)=C/C[C@@H]1CCC(=O)[C@H](CC/C(C)=C/CO[Si](C)(C)C(C)(C)C)C1(C)C)CO[Si](C)(C)C(C)(C)C. The lowest BCUT2D eigenvalue weighted by Crippen LogP contribution is -2.42. The maximum absolute atomic E-state index is 13.2. The first-order valence-corrected chi connectivity index (χ1v) is 24.2. The fourth-order valence-electron chi connectivity index (χ4n) is 5.82. The first-order chi connectivity index (χ1) is 20.9. The summed E-state index contributed by atoms with van der Waals surface area (Å²) >= 11 is 0. The summed E-state index contributed by atoms with van der Waals surface area (Å²) in [6.07, 6.45) is 18.6. The molecule has 1 aliphatic rings. The second-order valence-corrected chi connectivity index (χ2v) is 27.9. The van der Waals surface area contributed by atoms with Gasteiger partial charge in [-0.3, -0.25) is 4.79 Å². The second-order valence-electron chi connectivity index (χ2n) is 18.3. The molecule has 1 aliphatic carbocycles. The van der Waals surface area contributed by atoms with Gasteiger partial charge in [0.2, 0.25) is 0 Å². The van der Waals surface area contributed by atoms with Crippen molar-refractivity contribution in [3.63, 3.8) is 0 Å². The fourth-order valence-corrected chi connectivity index (χ4v) is 7.73. The zero-order chi connectivity index (χ0) is 35.6. The van der Waals surface area contributed by atoms with Gasteiger partial charge in [-0.1, -0.05) is 96.4 Å². The van der Waals surface area contributed by atoms with Crippen molar-refractivity contribution in [2.75, 3.05) is 13.2 Å². The number of ketones is 1. The van der Waals surface area contributed by atoms with Gasteiger partial charge in [0.1, 0.15) is 5.78 Å². The molecule has 3 nitrogen and oxygen atoms in total. The van der Waals surface area contributed by atoms with Gasteiger partial charge < -0.3 is 8.85 Å². The third-order valence-corrected chi connectivity index (χ3v) is 20.7. The van der Waals surface area contributed by atoms with Crippen LogP contribution in [-0.4, -0.2) is 35.6 Å². The zero-order valence-corrected chi connectivity index (χ0v) is 35.5. The highest BCUT2D eigenvalue weighted by molar-refractivity contribution is 6.74. The summed E-state index contributed by atoms with van der Waals surface area (Å²) in [5.41, 5.74) is 5.67. The minimum absolute atomic E-state index is 0.0170. The number of hydrogen-bond acceptors (Lipinski definition) is 3. The van der Waals surface area contributed by atoms with Crippen LogP contribution in [0.5, 0.6) is 0 Å². The molecular formula is C41H76O3Si2. The molecule has 2 atom stereocenters. The van der Waals surface area contributed by atoms with E-state index in [0.29, 0.717) is 18.3 Å². The molecule has 46 heavy (non-hydrogen) atoms. The molecule has 0 aromatic carbocycles. The van der Waals surface area contributed by atoms with Crippen LogP contribution in [0.2, 0.25) is 36.3 Å². The lowest BCUT2D eigenvalue weighted by atomic mass is 9.59. The van der Waals surface area contributed by atoms with Gasteiger partial charge in [-0.25, -0.2) is 0 Å². The van der Waals surface area contributed by atoms with Gasteiger partial charge in [-0.2, -0.15) is 0 Å². The van der Waals surface area contributed by atoms with Crippen molar-refractivity contribution >= 4 is 22.4 Å². The molecule has 266 valence electrons. The summed E-state index contributed by atoms with van der Waals surface area (Å²) in [5.74, 6) is 1.15. The lowest BCUT2D eigenvalue weighted by molar-refractivity contribution is -0.132. The first-order valence-electron chi connectivity index (χ1n) is 18.3. The topological polar surface area (TPSA) is 35.5 Å². The van der Waals surface area contributed by atoms with Crippen molar-refractivity contribution in [2.45, 2.75) is 177 Å². The molecule has 5 heteroatoms. The van der Waals surface area contributed by atoms with Crippen molar-refractivity contribution in [3.8, 4) is 0 Å². The van der Waals surface area contributed by atoms with Crippen molar-refractivity contribution in [1.29, 1.82) is 0 Å². The van der Waals surface area contributed by atoms with Crippen LogP contribution in [-0.2, 0) is 13.6 Å². The summed E-state index contributed by atoms with van der Waals surface area (Å²) in [7, 11) is -3.52. The van der Waals surface area contributed by atoms with Crippen molar-refractivity contribution in [1.82, 2.24) is 0 Å². The van der Waals surface area contributed by atoms with Gasteiger partial charge >= 0.3 is 0 Å². The molecule has 1 saturated carbocycles. The predicted octanol–water partition coefficient (Wildman–Crippen LogP) is 13.2. The van der Waals surface area contributed by atoms with E-state index < -0.39 is 16.6 Å². The highest BCUT2D eigenvalue weighted by Gasteiger charge is 2.44. The Morgan fingerprint density at radius 3 is 1.89 bits per heavy atom. The van der Waals surface area contributed by atoms with Crippen LogP contribution in [0.15, 0.2) is 46.6 Å². The van der Waals surface area contributed by atoms with E-state index in [0.717, 1.165) is 64.4 Å². The van der Waals surface area contributed by atoms with Crippen molar-refractivity contribution in [3.05, 3.63) is 46.6 Å². The number of rotatable bonds is 17. The highest BCUT2D eigenvalue weighted by Crippen LogP contribution is 2.47. The molecule has 1 fully saturated rings. The first kappa shape index (κ1) is 43.0. The van der Waals surface area contributed by atoms with Gasteiger partial charge in [0.05, 0.1) is 13.2 Å². The number of allylic oxidation sites excluding steroid dienone is 6. The molecule has 0 aliphatic heterocycles. The maximum Gasteiger partial charge on any atom is 0.192 e. The summed E-state index contributed by atoms with van der Waals surface area (Å²) in [6, 6.07) is 0. The van der Waals surface area contributed by atoms with Crippen LogP contribution in [0.3, 0.4) is 0 Å². The number of carbonyl (C=O) groups excluding carboxylic acids is 1. The van der Waals surface area contributed by atoms with Gasteiger partial charge in [0.25, 0.3) is 0 Å². The molecule has 0 aromatic rings. The third-order valence-electron chi connectivity index (χ3n) is 11.8. The minimum Gasteiger partial charge on any atom is -0.413 e. The van der Waals surface area contributed by atoms with E-state index in [2.05, 4.69) is 134 Å². The number of carbonyl (C=O) groups is 1. The van der Waals surface area contributed by atoms with E-state index in [9.17, 15) is 4.79 Å². The molecule has 0 unspecified atom stereocenters. The van der Waals surface area contributed by atoms with Crippen LogP contribution in [0.25, 0.3) is 0 Å². The third kappa shape index (κ3) is 14.2.